The van der Waals surface area contributed by atoms with Crippen LogP contribution < -0.4 is 5.73 Å². The largest absolute Gasteiger partial charge is 0.325 e. The Hall–Kier alpha value is -0.870. The van der Waals surface area contributed by atoms with Crippen LogP contribution in [-0.2, 0) is 12.0 Å². The zero-order chi connectivity index (χ0) is 11.9. The fourth-order valence-corrected chi connectivity index (χ4v) is 2.20. The van der Waals surface area contributed by atoms with Gasteiger partial charge in [0.15, 0.2) is 0 Å². The van der Waals surface area contributed by atoms with Gasteiger partial charge in [-0.15, -0.1) is 0 Å². The number of fused-ring (bicyclic) bond motifs is 1. The van der Waals surface area contributed by atoms with E-state index in [-0.39, 0.29) is 5.41 Å². The number of imidazole rings is 1. The van der Waals surface area contributed by atoms with E-state index in [9.17, 15) is 0 Å². The Morgan fingerprint density at radius 3 is 2.62 bits per heavy atom. The van der Waals surface area contributed by atoms with Gasteiger partial charge in [-0.3, -0.25) is 0 Å². The van der Waals surface area contributed by atoms with E-state index in [1.54, 1.807) is 0 Å². The van der Waals surface area contributed by atoms with E-state index in [4.69, 9.17) is 5.73 Å². The van der Waals surface area contributed by atoms with E-state index in [2.05, 4.69) is 46.1 Å². The average molecular weight is 282 g/mol. The lowest BCUT2D eigenvalue weighted by Gasteiger charge is -2.17. The topological polar surface area (TPSA) is 43.3 Å². The predicted octanol–water partition coefficient (Wildman–Crippen LogP) is 2.85. The van der Waals surface area contributed by atoms with Crippen molar-refractivity contribution in [3.8, 4) is 0 Å². The Labute approximate surface area is 104 Å². The second kappa shape index (κ2) is 3.86. The Balaban J connectivity index is 2.77. The molecule has 2 aromatic rings. The van der Waals surface area contributed by atoms with Crippen LogP contribution in [0.3, 0.4) is 0 Å². The van der Waals surface area contributed by atoms with Gasteiger partial charge < -0.3 is 10.1 Å². The molecule has 4 heteroatoms. The summed E-state index contributed by atoms with van der Waals surface area (Å²) in [6.07, 6.45) is 2.01. The molecule has 0 atom stereocenters. The molecule has 3 nitrogen and oxygen atoms in total. The van der Waals surface area contributed by atoms with E-state index >= 15 is 0 Å². The Morgan fingerprint density at radius 1 is 1.38 bits per heavy atom. The number of nitrogens with two attached hydrogens (primary N) is 1. The minimum absolute atomic E-state index is 0.0210. The highest BCUT2D eigenvalue weighted by atomic mass is 79.9. The summed E-state index contributed by atoms with van der Waals surface area (Å²) in [4.78, 5) is 4.66. The minimum atomic E-state index is 0.0210. The van der Waals surface area contributed by atoms with Crippen molar-refractivity contribution in [1.29, 1.82) is 0 Å². The fourth-order valence-electron chi connectivity index (χ4n) is 1.86. The van der Waals surface area contributed by atoms with Crippen LogP contribution in [0.2, 0.25) is 0 Å². The van der Waals surface area contributed by atoms with Gasteiger partial charge in [-0.1, -0.05) is 20.8 Å². The van der Waals surface area contributed by atoms with Crippen LogP contribution in [0.1, 0.15) is 32.2 Å². The number of hydrogen-bond acceptors (Lipinski definition) is 2. The third kappa shape index (κ3) is 1.87. The second-order valence-electron chi connectivity index (χ2n) is 4.94. The number of hydrogen-bond donors (Lipinski definition) is 1. The second-order valence-corrected chi connectivity index (χ2v) is 5.85. The van der Waals surface area contributed by atoms with Crippen molar-refractivity contribution in [3.05, 3.63) is 34.2 Å². The number of pyridine rings is 1. The van der Waals surface area contributed by atoms with Crippen molar-refractivity contribution >= 4 is 21.6 Å². The summed E-state index contributed by atoms with van der Waals surface area (Å²) in [6, 6.07) is 3.99. The molecule has 0 amide bonds. The van der Waals surface area contributed by atoms with Crippen LogP contribution >= 0.6 is 15.9 Å². The smallest absolute Gasteiger partial charge is 0.137 e. The molecule has 2 heterocycles. The van der Waals surface area contributed by atoms with E-state index in [1.165, 1.54) is 0 Å². The molecule has 0 fully saturated rings. The molecular formula is C12H16BrN3. The molecule has 0 saturated carbocycles. The Bertz CT molecular complexity index is 523. The van der Waals surface area contributed by atoms with Crippen molar-refractivity contribution in [2.45, 2.75) is 32.7 Å². The molecule has 0 aliphatic carbocycles. The monoisotopic (exact) mass is 281 g/mol. The van der Waals surface area contributed by atoms with Gasteiger partial charge in [-0.25, -0.2) is 4.98 Å². The first-order valence-electron chi connectivity index (χ1n) is 5.30. The highest BCUT2D eigenvalue weighted by Gasteiger charge is 2.22. The highest BCUT2D eigenvalue weighted by Crippen LogP contribution is 2.26. The van der Waals surface area contributed by atoms with Gasteiger partial charge in [0.05, 0.1) is 11.4 Å². The molecule has 2 N–H and O–H groups in total. The molecule has 86 valence electrons. The number of aromatic nitrogens is 2. The van der Waals surface area contributed by atoms with Gasteiger partial charge in [-0.2, -0.15) is 0 Å². The van der Waals surface area contributed by atoms with Crippen LogP contribution in [0.15, 0.2) is 22.8 Å². The van der Waals surface area contributed by atoms with Crippen molar-refractivity contribution in [2.24, 2.45) is 5.73 Å². The first kappa shape index (κ1) is 11.6. The summed E-state index contributed by atoms with van der Waals surface area (Å²) >= 11 is 3.47. The third-order valence-corrected chi connectivity index (χ3v) is 3.05. The number of nitrogens with zero attached hydrogens (tertiary/aromatic N) is 2. The Kier molecular flexibility index (Phi) is 2.80. The fraction of sp³-hybridized carbons (Fsp3) is 0.417. The van der Waals surface area contributed by atoms with Gasteiger partial charge >= 0.3 is 0 Å². The van der Waals surface area contributed by atoms with E-state index in [1.807, 2.05) is 18.3 Å². The summed E-state index contributed by atoms with van der Waals surface area (Å²) in [5, 5.41) is 0. The lowest BCUT2D eigenvalue weighted by Crippen LogP contribution is -2.16. The van der Waals surface area contributed by atoms with Gasteiger partial charge in [0, 0.05) is 22.6 Å². The third-order valence-electron chi connectivity index (χ3n) is 2.59. The molecule has 0 radical (unpaired) electrons. The molecule has 16 heavy (non-hydrogen) atoms. The van der Waals surface area contributed by atoms with Crippen LogP contribution in [0, 0.1) is 0 Å². The first-order valence-corrected chi connectivity index (χ1v) is 6.10. The molecule has 0 saturated heterocycles. The maximum atomic E-state index is 5.83. The standard InChI is InChI=1S/C12H16BrN3/c1-12(2,3)11-9(6-14)16-7-8(13)4-5-10(16)15-11/h4-5,7H,6,14H2,1-3H3. The zero-order valence-electron chi connectivity index (χ0n) is 9.79. The molecular weight excluding hydrogens is 266 g/mol. The lowest BCUT2D eigenvalue weighted by molar-refractivity contribution is 0.564. The highest BCUT2D eigenvalue weighted by molar-refractivity contribution is 9.10. The maximum absolute atomic E-state index is 5.83. The zero-order valence-corrected chi connectivity index (χ0v) is 11.4. The molecule has 0 aliphatic heterocycles. The van der Waals surface area contributed by atoms with Gasteiger partial charge in [0.25, 0.3) is 0 Å². The number of rotatable bonds is 1. The number of halogens is 1. The van der Waals surface area contributed by atoms with Crippen LogP contribution in [-0.4, -0.2) is 9.38 Å². The maximum Gasteiger partial charge on any atom is 0.137 e. The predicted molar refractivity (Wildman–Crippen MR) is 69.5 cm³/mol. The van der Waals surface area contributed by atoms with Crippen molar-refractivity contribution in [2.75, 3.05) is 0 Å². The Morgan fingerprint density at radius 2 is 2.06 bits per heavy atom. The molecule has 0 spiro atoms. The van der Waals surface area contributed by atoms with E-state index in [0.717, 1.165) is 21.5 Å². The van der Waals surface area contributed by atoms with Crippen molar-refractivity contribution < 1.29 is 0 Å². The SMILES string of the molecule is CC(C)(C)c1nc2ccc(Br)cn2c1CN. The average Bonchev–Trinajstić information content (AvgIpc) is 2.54. The van der Waals surface area contributed by atoms with Gasteiger partial charge in [0.2, 0.25) is 0 Å². The van der Waals surface area contributed by atoms with Gasteiger partial charge in [0.1, 0.15) is 5.65 Å². The molecule has 2 aromatic heterocycles. The normalized spacial score (nSPS) is 12.3. The lowest BCUT2D eigenvalue weighted by atomic mass is 9.91. The summed E-state index contributed by atoms with van der Waals surface area (Å²) < 4.78 is 3.09. The summed E-state index contributed by atoms with van der Waals surface area (Å²) in [6.45, 7) is 6.97. The summed E-state index contributed by atoms with van der Waals surface area (Å²) in [7, 11) is 0. The molecule has 0 aromatic carbocycles. The van der Waals surface area contributed by atoms with Crippen molar-refractivity contribution in [1.82, 2.24) is 9.38 Å². The van der Waals surface area contributed by atoms with Crippen LogP contribution in [0.5, 0.6) is 0 Å². The van der Waals surface area contributed by atoms with Crippen LogP contribution in [0.25, 0.3) is 5.65 Å². The molecule has 0 aliphatic rings. The van der Waals surface area contributed by atoms with E-state index in [0.29, 0.717) is 6.54 Å². The van der Waals surface area contributed by atoms with E-state index < -0.39 is 0 Å². The summed E-state index contributed by atoms with van der Waals surface area (Å²) in [5.74, 6) is 0. The van der Waals surface area contributed by atoms with Crippen LogP contribution in [0.4, 0.5) is 0 Å². The van der Waals surface area contributed by atoms with Gasteiger partial charge in [-0.05, 0) is 28.1 Å². The minimum Gasteiger partial charge on any atom is -0.325 e. The first-order chi connectivity index (χ1) is 7.43. The summed E-state index contributed by atoms with van der Waals surface area (Å²) in [5.41, 5.74) is 8.97. The molecule has 2 rings (SSSR count). The molecule has 0 unspecified atom stereocenters. The quantitative estimate of drug-likeness (QED) is 0.874. The van der Waals surface area contributed by atoms with Crippen molar-refractivity contribution in [3.63, 3.8) is 0 Å². The molecule has 0 bridgehead atoms.